The predicted octanol–water partition coefficient (Wildman–Crippen LogP) is 3.49. The molecule has 0 aliphatic carbocycles. The van der Waals surface area contributed by atoms with Crippen molar-refractivity contribution >= 4 is 17.3 Å². The van der Waals surface area contributed by atoms with Gasteiger partial charge >= 0.3 is 0 Å². The molecular formula is C21H26N2O3. The van der Waals surface area contributed by atoms with Gasteiger partial charge in [-0.1, -0.05) is 24.3 Å². The van der Waals surface area contributed by atoms with Gasteiger partial charge < -0.3 is 19.7 Å². The Bertz CT molecular complexity index is 709. The SMILES string of the molecule is CCOc1ccccc1NC(=O)CCc1ccc(N2CCOCC2)cc1. The lowest BCUT2D eigenvalue weighted by atomic mass is 10.1. The van der Waals surface area contributed by atoms with Crippen molar-refractivity contribution in [3.8, 4) is 5.75 Å². The second kappa shape index (κ2) is 9.25. The molecule has 1 amide bonds. The molecule has 1 aliphatic heterocycles. The first-order valence-electron chi connectivity index (χ1n) is 9.19. The summed E-state index contributed by atoms with van der Waals surface area (Å²) in [6, 6.07) is 16.0. The van der Waals surface area contributed by atoms with Gasteiger partial charge in [0.25, 0.3) is 0 Å². The first-order chi connectivity index (χ1) is 12.8. The van der Waals surface area contributed by atoms with E-state index in [0.717, 1.165) is 37.6 Å². The molecule has 1 N–H and O–H groups in total. The minimum atomic E-state index is -0.00518. The molecule has 2 aromatic rings. The summed E-state index contributed by atoms with van der Waals surface area (Å²) in [5.74, 6) is 0.702. The van der Waals surface area contributed by atoms with Crippen molar-refractivity contribution in [3.63, 3.8) is 0 Å². The maximum atomic E-state index is 12.3. The molecule has 138 valence electrons. The number of nitrogens with zero attached hydrogens (tertiary/aromatic N) is 1. The van der Waals surface area contributed by atoms with Crippen LogP contribution in [0.3, 0.4) is 0 Å². The third kappa shape index (κ3) is 4.99. The quantitative estimate of drug-likeness (QED) is 0.827. The monoisotopic (exact) mass is 354 g/mol. The minimum Gasteiger partial charge on any atom is -0.492 e. The molecule has 0 unspecified atom stereocenters. The first kappa shape index (κ1) is 18.3. The Morgan fingerprint density at radius 3 is 2.58 bits per heavy atom. The minimum absolute atomic E-state index is 0.00518. The van der Waals surface area contributed by atoms with Crippen LogP contribution in [0.25, 0.3) is 0 Å². The van der Waals surface area contributed by atoms with Crippen LogP contribution < -0.4 is 15.0 Å². The van der Waals surface area contributed by atoms with Gasteiger partial charge in [0.1, 0.15) is 5.75 Å². The molecule has 26 heavy (non-hydrogen) atoms. The Morgan fingerprint density at radius 1 is 1.12 bits per heavy atom. The fraction of sp³-hybridized carbons (Fsp3) is 0.381. The molecule has 1 heterocycles. The van der Waals surface area contributed by atoms with Gasteiger partial charge in [-0.05, 0) is 43.2 Å². The van der Waals surface area contributed by atoms with E-state index in [9.17, 15) is 4.79 Å². The second-order valence-corrected chi connectivity index (χ2v) is 6.24. The summed E-state index contributed by atoms with van der Waals surface area (Å²) >= 11 is 0. The lowest BCUT2D eigenvalue weighted by Crippen LogP contribution is -2.36. The van der Waals surface area contributed by atoms with E-state index in [2.05, 4.69) is 34.5 Å². The van der Waals surface area contributed by atoms with Crippen LogP contribution in [0, 0.1) is 0 Å². The highest BCUT2D eigenvalue weighted by molar-refractivity contribution is 5.92. The molecule has 5 heteroatoms. The summed E-state index contributed by atoms with van der Waals surface area (Å²) in [5.41, 5.74) is 3.10. The van der Waals surface area contributed by atoms with Gasteiger partial charge in [0.05, 0.1) is 25.5 Å². The summed E-state index contributed by atoms with van der Waals surface area (Å²) in [6.45, 7) is 5.93. The number of para-hydroxylation sites is 2. The van der Waals surface area contributed by atoms with Crippen LogP contribution in [0.4, 0.5) is 11.4 Å². The van der Waals surface area contributed by atoms with Crippen molar-refractivity contribution in [2.45, 2.75) is 19.8 Å². The zero-order chi connectivity index (χ0) is 18.2. The maximum Gasteiger partial charge on any atom is 0.224 e. The topological polar surface area (TPSA) is 50.8 Å². The van der Waals surface area contributed by atoms with E-state index < -0.39 is 0 Å². The molecular weight excluding hydrogens is 328 g/mol. The number of amides is 1. The third-order valence-corrected chi connectivity index (χ3v) is 4.41. The van der Waals surface area contributed by atoms with E-state index >= 15 is 0 Å². The van der Waals surface area contributed by atoms with Crippen molar-refractivity contribution in [1.29, 1.82) is 0 Å². The maximum absolute atomic E-state index is 12.3. The van der Waals surface area contributed by atoms with E-state index in [1.54, 1.807) is 0 Å². The number of rotatable bonds is 7. The summed E-state index contributed by atoms with van der Waals surface area (Å²) in [5, 5.41) is 2.94. The lowest BCUT2D eigenvalue weighted by Gasteiger charge is -2.28. The number of hydrogen-bond donors (Lipinski definition) is 1. The summed E-state index contributed by atoms with van der Waals surface area (Å²) < 4.78 is 10.9. The molecule has 0 atom stereocenters. The van der Waals surface area contributed by atoms with Gasteiger partial charge in [0, 0.05) is 25.2 Å². The molecule has 1 fully saturated rings. The number of ether oxygens (including phenoxy) is 2. The first-order valence-corrected chi connectivity index (χ1v) is 9.19. The summed E-state index contributed by atoms with van der Waals surface area (Å²) in [7, 11) is 0. The number of hydrogen-bond acceptors (Lipinski definition) is 4. The van der Waals surface area contributed by atoms with Gasteiger partial charge in [-0.25, -0.2) is 0 Å². The second-order valence-electron chi connectivity index (χ2n) is 6.24. The van der Waals surface area contributed by atoms with E-state index in [0.29, 0.717) is 25.2 Å². The van der Waals surface area contributed by atoms with Crippen LogP contribution in [0.1, 0.15) is 18.9 Å². The molecule has 0 aromatic heterocycles. The van der Waals surface area contributed by atoms with E-state index in [-0.39, 0.29) is 5.91 Å². The summed E-state index contributed by atoms with van der Waals surface area (Å²) in [6.07, 6.45) is 1.16. The van der Waals surface area contributed by atoms with Crippen molar-refractivity contribution in [2.24, 2.45) is 0 Å². The van der Waals surface area contributed by atoms with Crippen LogP contribution in [-0.2, 0) is 16.0 Å². The average molecular weight is 354 g/mol. The molecule has 1 saturated heterocycles. The van der Waals surface area contributed by atoms with E-state index in [1.165, 1.54) is 5.69 Å². The molecule has 0 bridgehead atoms. The van der Waals surface area contributed by atoms with Crippen molar-refractivity contribution in [2.75, 3.05) is 43.1 Å². The zero-order valence-electron chi connectivity index (χ0n) is 15.2. The highest BCUT2D eigenvalue weighted by Crippen LogP contribution is 2.24. The lowest BCUT2D eigenvalue weighted by molar-refractivity contribution is -0.116. The van der Waals surface area contributed by atoms with Gasteiger partial charge in [-0.3, -0.25) is 4.79 Å². The summed E-state index contributed by atoms with van der Waals surface area (Å²) in [4.78, 5) is 14.6. The number of aryl methyl sites for hydroxylation is 1. The van der Waals surface area contributed by atoms with Crippen LogP contribution in [0.2, 0.25) is 0 Å². The largest absolute Gasteiger partial charge is 0.492 e. The molecule has 3 rings (SSSR count). The number of anilines is 2. The predicted molar refractivity (Wildman–Crippen MR) is 104 cm³/mol. The van der Waals surface area contributed by atoms with Crippen LogP contribution in [0.5, 0.6) is 5.75 Å². The van der Waals surface area contributed by atoms with Crippen LogP contribution in [-0.4, -0.2) is 38.8 Å². The van der Waals surface area contributed by atoms with Crippen LogP contribution in [0.15, 0.2) is 48.5 Å². The molecule has 0 radical (unpaired) electrons. The van der Waals surface area contributed by atoms with Gasteiger partial charge in [0.15, 0.2) is 0 Å². The van der Waals surface area contributed by atoms with Gasteiger partial charge in [-0.2, -0.15) is 0 Å². The smallest absolute Gasteiger partial charge is 0.224 e. The Hall–Kier alpha value is -2.53. The Morgan fingerprint density at radius 2 is 1.85 bits per heavy atom. The van der Waals surface area contributed by atoms with E-state index in [1.807, 2.05) is 31.2 Å². The molecule has 2 aromatic carbocycles. The number of nitrogens with one attached hydrogen (secondary N) is 1. The number of morpholine rings is 1. The van der Waals surface area contributed by atoms with Crippen molar-refractivity contribution < 1.29 is 14.3 Å². The Labute approximate surface area is 154 Å². The highest BCUT2D eigenvalue weighted by Gasteiger charge is 2.11. The molecule has 0 spiro atoms. The zero-order valence-corrected chi connectivity index (χ0v) is 15.2. The number of benzene rings is 2. The average Bonchev–Trinajstić information content (AvgIpc) is 2.69. The third-order valence-electron chi connectivity index (χ3n) is 4.41. The van der Waals surface area contributed by atoms with Gasteiger partial charge in [-0.15, -0.1) is 0 Å². The molecule has 5 nitrogen and oxygen atoms in total. The van der Waals surface area contributed by atoms with Crippen LogP contribution >= 0.6 is 0 Å². The number of carbonyl (C=O) groups is 1. The van der Waals surface area contributed by atoms with E-state index in [4.69, 9.17) is 9.47 Å². The molecule has 0 saturated carbocycles. The van der Waals surface area contributed by atoms with Gasteiger partial charge in [0.2, 0.25) is 5.91 Å². The standard InChI is InChI=1S/C21H26N2O3/c1-2-26-20-6-4-3-5-19(20)22-21(24)12-9-17-7-10-18(11-8-17)23-13-15-25-16-14-23/h3-8,10-11H,2,9,12-16H2,1H3,(H,22,24). The Balaban J connectivity index is 1.51. The Kier molecular flexibility index (Phi) is 6.50. The normalized spacial score (nSPS) is 14.1. The van der Waals surface area contributed by atoms with Crippen molar-refractivity contribution in [1.82, 2.24) is 0 Å². The fourth-order valence-corrected chi connectivity index (χ4v) is 3.02. The van der Waals surface area contributed by atoms with Crippen molar-refractivity contribution in [3.05, 3.63) is 54.1 Å². The highest BCUT2D eigenvalue weighted by atomic mass is 16.5. The fourth-order valence-electron chi connectivity index (χ4n) is 3.02. The number of carbonyl (C=O) groups excluding carboxylic acids is 1. The molecule has 1 aliphatic rings.